The van der Waals surface area contributed by atoms with Gasteiger partial charge in [0.05, 0.1) is 26.2 Å². The lowest BCUT2D eigenvalue weighted by Crippen LogP contribution is -2.43. The number of para-hydroxylation sites is 1. The molecule has 1 aliphatic rings. The molecule has 1 amide bonds. The Morgan fingerprint density at radius 3 is 2.96 bits per heavy atom. The van der Waals surface area contributed by atoms with Gasteiger partial charge < -0.3 is 24.3 Å². The highest BCUT2D eigenvalue weighted by Gasteiger charge is 2.27. The fourth-order valence-electron chi connectivity index (χ4n) is 2.93. The van der Waals surface area contributed by atoms with Gasteiger partial charge in [0.2, 0.25) is 5.91 Å². The molecule has 1 atom stereocenters. The molecule has 3 rings (SSSR count). The van der Waals surface area contributed by atoms with E-state index in [0.29, 0.717) is 32.7 Å². The van der Waals surface area contributed by atoms with E-state index in [4.69, 9.17) is 9.47 Å². The van der Waals surface area contributed by atoms with Crippen LogP contribution < -0.4 is 4.74 Å². The SMILES string of the molecule is CN(C)Cc1cnc([C@@H]2CN(C(=O)CCOc3ccccc3)CCO2)[nH]1. The number of carbonyl (C=O) groups is 1. The summed E-state index contributed by atoms with van der Waals surface area (Å²) in [7, 11) is 4.02. The van der Waals surface area contributed by atoms with Crippen molar-refractivity contribution in [2.24, 2.45) is 0 Å². The smallest absolute Gasteiger partial charge is 0.226 e. The van der Waals surface area contributed by atoms with Crippen LogP contribution in [0.25, 0.3) is 0 Å². The van der Waals surface area contributed by atoms with Crippen molar-refractivity contribution >= 4 is 5.91 Å². The van der Waals surface area contributed by atoms with Crippen LogP contribution in [-0.4, -0.2) is 66.1 Å². The Morgan fingerprint density at radius 2 is 2.19 bits per heavy atom. The molecule has 1 fully saturated rings. The maximum absolute atomic E-state index is 12.5. The van der Waals surface area contributed by atoms with Crippen molar-refractivity contribution in [2.75, 3.05) is 40.4 Å². The van der Waals surface area contributed by atoms with Crippen molar-refractivity contribution < 1.29 is 14.3 Å². The highest BCUT2D eigenvalue weighted by atomic mass is 16.5. The Morgan fingerprint density at radius 1 is 1.38 bits per heavy atom. The third-order valence-corrected chi connectivity index (χ3v) is 4.19. The Bertz CT molecular complexity index is 702. The van der Waals surface area contributed by atoms with Crippen molar-refractivity contribution in [3.63, 3.8) is 0 Å². The number of aromatic amines is 1. The summed E-state index contributed by atoms with van der Waals surface area (Å²) in [5.41, 5.74) is 1.04. The summed E-state index contributed by atoms with van der Waals surface area (Å²) in [5, 5.41) is 0. The molecule has 7 nitrogen and oxygen atoms in total. The van der Waals surface area contributed by atoms with Gasteiger partial charge >= 0.3 is 0 Å². The lowest BCUT2D eigenvalue weighted by atomic mass is 10.2. The Kier molecular flexibility index (Phi) is 6.25. The molecule has 0 radical (unpaired) electrons. The highest BCUT2D eigenvalue weighted by molar-refractivity contribution is 5.76. The molecule has 0 aliphatic carbocycles. The number of carbonyl (C=O) groups excluding carboxylic acids is 1. The topological polar surface area (TPSA) is 70.7 Å². The van der Waals surface area contributed by atoms with Crippen LogP contribution in [0.1, 0.15) is 24.0 Å². The number of aromatic nitrogens is 2. The average Bonchev–Trinajstić information content (AvgIpc) is 3.10. The van der Waals surface area contributed by atoms with Gasteiger partial charge in [-0.05, 0) is 26.2 Å². The van der Waals surface area contributed by atoms with E-state index < -0.39 is 0 Å². The quantitative estimate of drug-likeness (QED) is 0.818. The van der Waals surface area contributed by atoms with Crippen molar-refractivity contribution in [2.45, 2.75) is 19.1 Å². The monoisotopic (exact) mass is 358 g/mol. The second-order valence-corrected chi connectivity index (χ2v) is 6.64. The van der Waals surface area contributed by atoms with Crippen LogP contribution in [-0.2, 0) is 16.1 Å². The number of rotatable bonds is 7. The third kappa shape index (κ3) is 5.06. The Hall–Kier alpha value is -2.38. The Balaban J connectivity index is 1.49. The molecule has 1 aromatic carbocycles. The summed E-state index contributed by atoms with van der Waals surface area (Å²) in [4.78, 5) is 24.1. The minimum Gasteiger partial charge on any atom is -0.493 e. The average molecular weight is 358 g/mol. The number of amides is 1. The molecule has 1 aliphatic heterocycles. The second kappa shape index (κ2) is 8.82. The molecule has 1 N–H and O–H groups in total. The van der Waals surface area contributed by atoms with Gasteiger partial charge in [0.15, 0.2) is 0 Å². The zero-order chi connectivity index (χ0) is 18.4. The molecule has 2 heterocycles. The van der Waals surface area contributed by atoms with Crippen LogP contribution in [0.5, 0.6) is 5.75 Å². The fraction of sp³-hybridized carbons (Fsp3) is 0.474. The highest BCUT2D eigenvalue weighted by Crippen LogP contribution is 2.20. The normalized spacial score (nSPS) is 17.5. The van der Waals surface area contributed by atoms with Crippen LogP contribution >= 0.6 is 0 Å². The summed E-state index contributed by atoms with van der Waals surface area (Å²) in [6.45, 7) is 2.79. The lowest BCUT2D eigenvalue weighted by Gasteiger charge is -2.32. The molecular formula is C19H26N4O3. The third-order valence-electron chi connectivity index (χ3n) is 4.19. The van der Waals surface area contributed by atoms with Gasteiger partial charge in [-0.25, -0.2) is 4.98 Å². The first-order valence-corrected chi connectivity index (χ1v) is 8.87. The van der Waals surface area contributed by atoms with E-state index in [1.807, 2.05) is 55.5 Å². The predicted molar refractivity (Wildman–Crippen MR) is 97.8 cm³/mol. The van der Waals surface area contributed by atoms with Gasteiger partial charge in [0.1, 0.15) is 17.7 Å². The number of ether oxygens (including phenoxy) is 2. The maximum Gasteiger partial charge on any atom is 0.226 e. The van der Waals surface area contributed by atoms with Gasteiger partial charge in [-0.2, -0.15) is 0 Å². The summed E-state index contributed by atoms with van der Waals surface area (Å²) < 4.78 is 11.4. The Labute approximate surface area is 153 Å². The van der Waals surface area contributed by atoms with Crippen molar-refractivity contribution in [3.8, 4) is 5.75 Å². The van der Waals surface area contributed by atoms with Crippen molar-refractivity contribution in [1.29, 1.82) is 0 Å². The van der Waals surface area contributed by atoms with Gasteiger partial charge in [-0.15, -0.1) is 0 Å². The second-order valence-electron chi connectivity index (χ2n) is 6.64. The van der Waals surface area contributed by atoms with Gasteiger partial charge in [-0.1, -0.05) is 18.2 Å². The van der Waals surface area contributed by atoms with Crippen LogP contribution in [0.2, 0.25) is 0 Å². The summed E-state index contributed by atoms with van der Waals surface area (Å²) in [5.74, 6) is 1.64. The zero-order valence-corrected chi connectivity index (χ0v) is 15.4. The molecule has 2 aromatic rings. The van der Waals surface area contributed by atoms with Gasteiger partial charge in [0, 0.05) is 25.0 Å². The summed E-state index contributed by atoms with van der Waals surface area (Å²) >= 11 is 0. The number of hydrogen-bond acceptors (Lipinski definition) is 5. The van der Waals surface area contributed by atoms with Crippen LogP contribution in [0.4, 0.5) is 0 Å². The van der Waals surface area contributed by atoms with E-state index in [2.05, 4.69) is 14.9 Å². The first kappa shape index (κ1) is 18.4. The first-order chi connectivity index (χ1) is 12.6. The summed E-state index contributed by atoms with van der Waals surface area (Å²) in [6, 6.07) is 9.54. The molecule has 1 saturated heterocycles. The molecule has 0 saturated carbocycles. The fourth-order valence-corrected chi connectivity index (χ4v) is 2.93. The molecule has 26 heavy (non-hydrogen) atoms. The minimum absolute atomic E-state index is 0.0781. The lowest BCUT2D eigenvalue weighted by molar-refractivity contribution is -0.139. The number of benzene rings is 1. The van der Waals surface area contributed by atoms with Crippen molar-refractivity contribution in [1.82, 2.24) is 19.8 Å². The van der Waals surface area contributed by atoms with E-state index >= 15 is 0 Å². The summed E-state index contributed by atoms with van der Waals surface area (Å²) in [6.07, 6.45) is 1.97. The molecule has 0 bridgehead atoms. The van der Waals surface area contributed by atoms with Crippen molar-refractivity contribution in [3.05, 3.63) is 48.0 Å². The molecule has 140 valence electrons. The molecule has 0 unspecified atom stereocenters. The van der Waals surface area contributed by atoms with Crippen LogP contribution in [0.15, 0.2) is 36.5 Å². The largest absolute Gasteiger partial charge is 0.493 e. The number of imidazole rings is 1. The number of H-pyrrole nitrogens is 1. The van der Waals surface area contributed by atoms with E-state index in [0.717, 1.165) is 23.8 Å². The van der Waals surface area contributed by atoms with E-state index in [1.54, 1.807) is 0 Å². The first-order valence-electron chi connectivity index (χ1n) is 8.87. The van der Waals surface area contributed by atoms with Gasteiger partial charge in [-0.3, -0.25) is 4.79 Å². The van der Waals surface area contributed by atoms with E-state index in [9.17, 15) is 4.79 Å². The van der Waals surface area contributed by atoms with Gasteiger partial charge in [0.25, 0.3) is 0 Å². The predicted octanol–water partition coefficient (Wildman–Crippen LogP) is 1.84. The van der Waals surface area contributed by atoms with E-state index in [-0.39, 0.29) is 12.0 Å². The number of nitrogens with one attached hydrogen (secondary N) is 1. The molecular weight excluding hydrogens is 332 g/mol. The van der Waals surface area contributed by atoms with Crippen LogP contribution in [0, 0.1) is 0 Å². The number of morpholine rings is 1. The van der Waals surface area contributed by atoms with E-state index in [1.165, 1.54) is 0 Å². The maximum atomic E-state index is 12.5. The zero-order valence-electron chi connectivity index (χ0n) is 15.4. The minimum atomic E-state index is -0.210. The number of nitrogens with zero attached hydrogens (tertiary/aromatic N) is 3. The number of hydrogen-bond donors (Lipinski definition) is 1. The molecule has 7 heteroatoms. The molecule has 1 aromatic heterocycles. The van der Waals surface area contributed by atoms with Crippen LogP contribution in [0.3, 0.4) is 0 Å². The molecule has 0 spiro atoms. The standard InChI is InChI=1S/C19H26N4O3/c1-22(2)13-15-12-20-19(21-15)17-14-23(9-11-26-17)18(24)8-10-25-16-6-4-3-5-7-16/h3-7,12,17H,8-11,13-14H2,1-2H3,(H,20,21)/t17-/m0/s1.